The van der Waals surface area contributed by atoms with Crippen molar-refractivity contribution >= 4 is 29.3 Å². The number of carbonyl (C=O) groups is 1. The summed E-state index contributed by atoms with van der Waals surface area (Å²) in [6.07, 6.45) is 1.47. The summed E-state index contributed by atoms with van der Waals surface area (Å²) in [6.45, 7) is 4.96. The number of anilines is 2. The van der Waals surface area contributed by atoms with Gasteiger partial charge in [-0.1, -0.05) is 11.6 Å². The Morgan fingerprint density at radius 2 is 2.16 bits per heavy atom. The number of likely N-dealkylation sites (N-methyl/N-ethyl adjacent to an activating group) is 1. The Hall–Kier alpha value is -1.60. The number of carbonyl (C=O) groups excluding carboxylic acids is 1. The number of hydrazine groups is 1. The normalized spacial score (nSPS) is 18.7. The Labute approximate surface area is 116 Å². The molecule has 0 bridgehead atoms. The summed E-state index contributed by atoms with van der Waals surface area (Å²) < 4.78 is 0. The van der Waals surface area contributed by atoms with Crippen LogP contribution in [-0.2, 0) is 4.79 Å². The molecule has 0 atom stereocenters. The highest BCUT2D eigenvalue weighted by atomic mass is 35.5. The first-order chi connectivity index (χ1) is 8.87. The first-order valence-electron chi connectivity index (χ1n) is 5.90. The molecule has 7 nitrogen and oxygen atoms in total. The molecule has 1 aromatic heterocycles. The van der Waals surface area contributed by atoms with Crippen molar-refractivity contribution in [3.05, 3.63) is 11.2 Å². The van der Waals surface area contributed by atoms with Crippen molar-refractivity contribution in [2.45, 2.75) is 19.4 Å². The average molecular weight is 285 g/mol. The first-order valence-corrected chi connectivity index (χ1v) is 6.28. The van der Waals surface area contributed by atoms with E-state index < -0.39 is 5.54 Å². The van der Waals surface area contributed by atoms with E-state index in [1.54, 1.807) is 11.9 Å². The summed E-state index contributed by atoms with van der Waals surface area (Å²) >= 11 is 6.14. The highest BCUT2D eigenvalue weighted by Gasteiger charge is 2.42. The molecule has 1 fully saturated rings. The Bertz CT molecular complexity index is 506. The van der Waals surface area contributed by atoms with Gasteiger partial charge < -0.3 is 9.80 Å². The number of piperazine rings is 1. The van der Waals surface area contributed by atoms with Crippen LogP contribution in [0.4, 0.5) is 11.8 Å². The van der Waals surface area contributed by atoms with E-state index in [0.29, 0.717) is 23.9 Å². The van der Waals surface area contributed by atoms with E-state index in [9.17, 15) is 4.79 Å². The molecule has 0 unspecified atom stereocenters. The molecule has 0 spiro atoms. The van der Waals surface area contributed by atoms with Gasteiger partial charge in [-0.2, -0.15) is 4.98 Å². The van der Waals surface area contributed by atoms with Gasteiger partial charge in [0.05, 0.1) is 6.20 Å². The Kier molecular flexibility index (Phi) is 3.51. The number of rotatable bonds is 2. The molecule has 8 heteroatoms. The molecule has 104 valence electrons. The molecule has 0 radical (unpaired) electrons. The second-order valence-corrected chi connectivity index (χ2v) is 5.35. The molecule has 1 aliphatic rings. The molecule has 2 heterocycles. The number of nitrogen functional groups attached to an aromatic ring is 1. The Balaban J connectivity index is 2.43. The monoisotopic (exact) mass is 284 g/mol. The smallest absolute Gasteiger partial charge is 0.247 e. The average Bonchev–Trinajstić information content (AvgIpc) is 2.38. The second kappa shape index (κ2) is 4.82. The summed E-state index contributed by atoms with van der Waals surface area (Å²) in [5.74, 6) is 6.10. The summed E-state index contributed by atoms with van der Waals surface area (Å²) in [5, 5.41) is 0.393. The zero-order valence-electron chi connectivity index (χ0n) is 11.1. The van der Waals surface area contributed by atoms with Crippen molar-refractivity contribution in [3.63, 3.8) is 0 Å². The van der Waals surface area contributed by atoms with Crippen molar-refractivity contribution in [1.82, 2.24) is 14.9 Å². The number of hydrogen-bond donors (Lipinski definition) is 2. The molecule has 0 aromatic carbocycles. The van der Waals surface area contributed by atoms with Crippen molar-refractivity contribution in [2.24, 2.45) is 5.84 Å². The molecule has 1 saturated heterocycles. The van der Waals surface area contributed by atoms with E-state index in [1.807, 2.05) is 18.7 Å². The van der Waals surface area contributed by atoms with Gasteiger partial charge >= 0.3 is 0 Å². The SMILES string of the molecule is CN1CCN(c2nc(NN)ncc2Cl)C(C)(C)C1=O. The van der Waals surface area contributed by atoms with Gasteiger partial charge in [-0.25, -0.2) is 10.8 Å². The molecule has 1 aromatic rings. The number of halogens is 1. The number of nitrogens with one attached hydrogen (secondary N) is 1. The quantitative estimate of drug-likeness (QED) is 0.606. The number of aromatic nitrogens is 2. The van der Waals surface area contributed by atoms with E-state index in [0.717, 1.165) is 0 Å². The fourth-order valence-electron chi connectivity index (χ4n) is 2.20. The van der Waals surface area contributed by atoms with Gasteiger partial charge in [0.2, 0.25) is 11.9 Å². The lowest BCUT2D eigenvalue weighted by molar-refractivity contribution is -0.136. The van der Waals surface area contributed by atoms with E-state index >= 15 is 0 Å². The number of nitrogens with zero attached hydrogens (tertiary/aromatic N) is 4. The molecule has 3 N–H and O–H groups in total. The van der Waals surface area contributed by atoms with Gasteiger partial charge in [0.25, 0.3) is 0 Å². The van der Waals surface area contributed by atoms with Crippen molar-refractivity contribution in [3.8, 4) is 0 Å². The number of nitrogens with two attached hydrogens (primary N) is 1. The van der Waals surface area contributed by atoms with Gasteiger partial charge in [-0.3, -0.25) is 10.2 Å². The Morgan fingerprint density at radius 3 is 2.79 bits per heavy atom. The van der Waals surface area contributed by atoms with E-state index in [1.165, 1.54) is 6.20 Å². The van der Waals surface area contributed by atoms with Gasteiger partial charge in [0.15, 0.2) is 5.82 Å². The lowest BCUT2D eigenvalue weighted by Crippen LogP contribution is -2.62. The molecular weight excluding hydrogens is 268 g/mol. The fraction of sp³-hybridized carbons (Fsp3) is 0.545. The molecular formula is C11H17ClN6O. The minimum Gasteiger partial charge on any atom is -0.342 e. The Morgan fingerprint density at radius 1 is 1.47 bits per heavy atom. The summed E-state index contributed by atoms with van der Waals surface area (Å²) in [5.41, 5.74) is 1.67. The standard InChI is InChI=1S/C11H17ClN6O/c1-11(2)9(19)17(3)4-5-18(11)8-7(12)6-14-10(15-8)16-13/h6H,4-5,13H2,1-3H3,(H,14,15,16). The molecule has 1 amide bonds. The predicted octanol–water partition coefficient (Wildman–Crippen LogP) is 0.473. The molecule has 2 rings (SSSR count). The minimum absolute atomic E-state index is 0.0238. The third kappa shape index (κ3) is 2.31. The summed E-state index contributed by atoms with van der Waals surface area (Å²) in [4.78, 5) is 24.0. The first kappa shape index (κ1) is 13.8. The molecule has 1 aliphatic heterocycles. The lowest BCUT2D eigenvalue weighted by atomic mass is 9.98. The molecule has 0 aliphatic carbocycles. The van der Waals surface area contributed by atoms with Crippen LogP contribution in [0.5, 0.6) is 0 Å². The highest BCUT2D eigenvalue weighted by Crippen LogP contribution is 2.32. The minimum atomic E-state index is -0.711. The van der Waals surface area contributed by atoms with Crippen LogP contribution in [-0.4, -0.2) is 46.5 Å². The maximum Gasteiger partial charge on any atom is 0.247 e. The third-order valence-corrected chi connectivity index (χ3v) is 3.58. The van der Waals surface area contributed by atoms with Gasteiger partial charge in [-0.05, 0) is 13.8 Å². The van der Waals surface area contributed by atoms with E-state index in [4.69, 9.17) is 17.4 Å². The zero-order valence-corrected chi connectivity index (χ0v) is 11.9. The topological polar surface area (TPSA) is 87.4 Å². The highest BCUT2D eigenvalue weighted by molar-refractivity contribution is 6.33. The number of amides is 1. The number of hydrogen-bond acceptors (Lipinski definition) is 6. The lowest BCUT2D eigenvalue weighted by Gasteiger charge is -2.45. The largest absolute Gasteiger partial charge is 0.342 e. The second-order valence-electron chi connectivity index (χ2n) is 4.95. The van der Waals surface area contributed by atoms with Crippen LogP contribution in [0.1, 0.15) is 13.8 Å². The van der Waals surface area contributed by atoms with Gasteiger partial charge in [0.1, 0.15) is 10.6 Å². The maximum absolute atomic E-state index is 12.3. The molecule has 19 heavy (non-hydrogen) atoms. The van der Waals surface area contributed by atoms with Crippen LogP contribution in [0.25, 0.3) is 0 Å². The van der Waals surface area contributed by atoms with Crippen LogP contribution in [0.3, 0.4) is 0 Å². The third-order valence-electron chi connectivity index (χ3n) is 3.31. The summed E-state index contributed by atoms with van der Waals surface area (Å²) in [6, 6.07) is 0. The van der Waals surface area contributed by atoms with Gasteiger partial charge in [0, 0.05) is 20.1 Å². The van der Waals surface area contributed by atoms with Crippen molar-refractivity contribution in [1.29, 1.82) is 0 Å². The fourth-order valence-corrected chi connectivity index (χ4v) is 2.39. The van der Waals surface area contributed by atoms with E-state index in [2.05, 4.69) is 15.4 Å². The van der Waals surface area contributed by atoms with Crippen molar-refractivity contribution < 1.29 is 4.79 Å². The zero-order chi connectivity index (χ0) is 14.2. The maximum atomic E-state index is 12.3. The van der Waals surface area contributed by atoms with Crippen LogP contribution < -0.4 is 16.2 Å². The van der Waals surface area contributed by atoms with Crippen LogP contribution in [0.15, 0.2) is 6.20 Å². The summed E-state index contributed by atoms with van der Waals surface area (Å²) in [7, 11) is 1.79. The van der Waals surface area contributed by atoms with Crippen LogP contribution in [0, 0.1) is 0 Å². The van der Waals surface area contributed by atoms with E-state index in [-0.39, 0.29) is 11.9 Å². The van der Waals surface area contributed by atoms with Crippen molar-refractivity contribution in [2.75, 3.05) is 30.5 Å². The van der Waals surface area contributed by atoms with Crippen LogP contribution >= 0.6 is 11.6 Å². The van der Waals surface area contributed by atoms with Gasteiger partial charge in [-0.15, -0.1) is 0 Å². The van der Waals surface area contributed by atoms with Crippen LogP contribution in [0.2, 0.25) is 5.02 Å². The predicted molar refractivity (Wildman–Crippen MR) is 73.9 cm³/mol. The molecule has 0 saturated carbocycles.